The van der Waals surface area contributed by atoms with Gasteiger partial charge in [-0.1, -0.05) is 35.8 Å². The minimum absolute atomic E-state index is 0.570. The Morgan fingerprint density at radius 2 is 2.21 bits per heavy atom. The van der Waals surface area contributed by atoms with Crippen LogP contribution in [-0.2, 0) is 13.0 Å². The number of para-hydroxylation sites is 1. The Labute approximate surface area is 116 Å². The summed E-state index contributed by atoms with van der Waals surface area (Å²) in [7, 11) is 0. The van der Waals surface area contributed by atoms with E-state index in [1.165, 1.54) is 0 Å². The highest BCUT2D eigenvalue weighted by molar-refractivity contribution is 6.35. The number of nitrogens with zero attached hydrogens (tertiary/aromatic N) is 3. The largest absolute Gasteiger partial charge is 0.339 e. The van der Waals surface area contributed by atoms with Crippen molar-refractivity contribution in [1.29, 1.82) is 0 Å². The van der Waals surface area contributed by atoms with Gasteiger partial charge < -0.3 is 9.09 Å². The van der Waals surface area contributed by atoms with Crippen LogP contribution < -0.4 is 0 Å². The van der Waals surface area contributed by atoms with Gasteiger partial charge in [0.1, 0.15) is 0 Å². The van der Waals surface area contributed by atoms with E-state index in [1.54, 1.807) is 0 Å². The number of aryl methyl sites for hydroxylation is 1. The van der Waals surface area contributed by atoms with E-state index in [4.69, 9.17) is 16.1 Å². The first kappa shape index (κ1) is 12.2. The molecule has 3 rings (SSSR count). The number of hydrogen-bond acceptors (Lipinski definition) is 3. The first-order chi connectivity index (χ1) is 9.28. The van der Waals surface area contributed by atoms with Crippen LogP contribution in [0.2, 0.25) is 5.02 Å². The summed E-state index contributed by atoms with van der Waals surface area (Å²) in [6.07, 6.45) is 3.81. The zero-order valence-electron chi connectivity index (χ0n) is 10.6. The first-order valence-electron chi connectivity index (χ1n) is 6.32. The molecule has 2 heterocycles. The fourth-order valence-electron chi connectivity index (χ4n) is 2.17. The number of halogens is 1. The first-order valence-corrected chi connectivity index (χ1v) is 6.70. The molecule has 0 aliphatic carbocycles. The van der Waals surface area contributed by atoms with Crippen LogP contribution in [0.1, 0.15) is 25.1 Å². The Hall–Kier alpha value is -1.81. The molecular weight excluding hydrogens is 262 g/mol. The van der Waals surface area contributed by atoms with Gasteiger partial charge in [0.15, 0.2) is 5.82 Å². The second-order valence-electron chi connectivity index (χ2n) is 4.48. The molecule has 0 bridgehead atoms. The molecule has 0 fully saturated rings. The molecule has 19 heavy (non-hydrogen) atoms. The normalized spacial score (nSPS) is 11.3. The van der Waals surface area contributed by atoms with E-state index in [1.807, 2.05) is 35.0 Å². The smallest absolute Gasteiger partial charge is 0.226 e. The predicted octanol–water partition coefficient (Wildman–Crippen LogP) is 3.68. The third kappa shape index (κ3) is 2.36. The molecule has 0 radical (unpaired) electrons. The SMILES string of the molecule is CCCc1nc(Cn2ccc3cccc(Cl)c32)no1. The fourth-order valence-corrected chi connectivity index (χ4v) is 2.46. The van der Waals surface area contributed by atoms with Crippen molar-refractivity contribution in [3.63, 3.8) is 0 Å². The average molecular weight is 276 g/mol. The Morgan fingerprint density at radius 1 is 1.32 bits per heavy atom. The van der Waals surface area contributed by atoms with E-state index in [2.05, 4.69) is 17.1 Å². The molecule has 0 saturated heterocycles. The van der Waals surface area contributed by atoms with E-state index in [-0.39, 0.29) is 0 Å². The van der Waals surface area contributed by atoms with Crippen LogP contribution in [0.5, 0.6) is 0 Å². The lowest BCUT2D eigenvalue weighted by atomic mass is 10.2. The zero-order chi connectivity index (χ0) is 13.2. The summed E-state index contributed by atoms with van der Waals surface area (Å²) in [4.78, 5) is 4.37. The quantitative estimate of drug-likeness (QED) is 0.729. The lowest BCUT2D eigenvalue weighted by molar-refractivity contribution is 0.371. The van der Waals surface area contributed by atoms with Gasteiger partial charge >= 0.3 is 0 Å². The molecule has 1 aromatic carbocycles. The van der Waals surface area contributed by atoms with Gasteiger partial charge in [0.05, 0.1) is 17.1 Å². The summed E-state index contributed by atoms with van der Waals surface area (Å²) >= 11 is 6.24. The molecule has 2 aromatic heterocycles. The second kappa shape index (κ2) is 5.05. The summed E-state index contributed by atoms with van der Waals surface area (Å²) in [5.74, 6) is 1.38. The Kier molecular flexibility index (Phi) is 3.25. The van der Waals surface area contributed by atoms with Crippen molar-refractivity contribution in [3.05, 3.63) is 47.2 Å². The molecule has 0 atom stereocenters. The van der Waals surface area contributed by atoms with Crippen molar-refractivity contribution in [3.8, 4) is 0 Å². The van der Waals surface area contributed by atoms with Gasteiger partial charge in [0.2, 0.25) is 5.89 Å². The lowest BCUT2D eigenvalue weighted by Crippen LogP contribution is -2.00. The van der Waals surface area contributed by atoms with Crippen molar-refractivity contribution >= 4 is 22.5 Å². The van der Waals surface area contributed by atoms with Crippen LogP contribution in [0.25, 0.3) is 10.9 Å². The molecule has 0 amide bonds. The van der Waals surface area contributed by atoms with Crippen molar-refractivity contribution in [1.82, 2.24) is 14.7 Å². The highest BCUT2D eigenvalue weighted by atomic mass is 35.5. The highest BCUT2D eigenvalue weighted by Crippen LogP contribution is 2.24. The molecule has 4 nitrogen and oxygen atoms in total. The molecule has 3 aromatic rings. The third-order valence-corrected chi connectivity index (χ3v) is 3.33. The van der Waals surface area contributed by atoms with Crippen molar-refractivity contribution in [2.24, 2.45) is 0 Å². The highest BCUT2D eigenvalue weighted by Gasteiger charge is 2.09. The maximum absolute atomic E-state index is 6.24. The van der Waals surface area contributed by atoms with E-state index in [9.17, 15) is 0 Å². The topological polar surface area (TPSA) is 43.9 Å². The number of rotatable bonds is 4. The van der Waals surface area contributed by atoms with E-state index in [0.29, 0.717) is 18.3 Å². The van der Waals surface area contributed by atoms with Gasteiger partial charge in [-0.25, -0.2) is 0 Å². The summed E-state index contributed by atoms with van der Waals surface area (Å²) < 4.78 is 7.23. The Bertz CT molecular complexity index is 702. The Morgan fingerprint density at radius 3 is 3.05 bits per heavy atom. The van der Waals surface area contributed by atoms with Crippen LogP contribution in [0.4, 0.5) is 0 Å². The number of aromatic nitrogens is 3. The van der Waals surface area contributed by atoms with Crippen LogP contribution in [0, 0.1) is 0 Å². The van der Waals surface area contributed by atoms with Crippen LogP contribution in [0.15, 0.2) is 35.0 Å². The summed E-state index contributed by atoms with van der Waals surface area (Å²) in [6, 6.07) is 7.91. The van der Waals surface area contributed by atoms with Gasteiger partial charge in [0, 0.05) is 18.0 Å². The molecule has 98 valence electrons. The molecule has 0 N–H and O–H groups in total. The standard InChI is InChI=1S/C14H14ClN3O/c1-2-4-13-16-12(17-19-13)9-18-8-7-10-5-3-6-11(15)14(10)18/h3,5-8H,2,4,9H2,1H3. The molecule has 0 unspecified atom stereocenters. The van der Waals surface area contributed by atoms with Crippen LogP contribution in [0.3, 0.4) is 0 Å². The minimum atomic E-state index is 0.570. The maximum Gasteiger partial charge on any atom is 0.226 e. The summed E-state index contributed by atoms with van der Waals surface area (Å²) in [5.41, 5.74) is 1.01. The van der Waals surface area contributed by atoms with E-state index < -0.39 is 0 Å². The molecule has 0 aliphatic rings. The van der Waals surface area contributed by atoms with E-state index in [0.717, 1.165) is 28.8 Å². The second-order valence-corrected chi connectivity index (χ2v) is 4.88. The van der Waals surface area contributed by atoms with Crippen LogP contribution in [-0.4, -0.2) is 14.7 Å². The van der Waals surface area contributed by atoms with Gasteiger partial charge in [-0.3, -0.25) is 0 Å². The summed E-state index contributed by atoms with van der Waals surface area (Å²) in [6.45, 7) is 2.66. The van der Waals surface area contributed by atoms with Crippen molar-refractivity contribution in [2.45, 2.75) is 26.3 Å². The van der Waals surface area contributed by atoms with E-state index >= 15 is 0 Å². The van der Waals surface area contributed by atoms with Crippen molar-refractivity contribution < 1.29 is 4.52 Å². The minimum Gasteiger partial charge on any atom is -0.339 e. The monoisotopic (exact) mass is 275 g/mol. The van der Waals surface area contributed by atoms with Crippen molar-refractivity contribution in [2.75, 3.05) is 0 Å². The van der Waals surface area contributed by atoms with Gasteiger partial charge in [-0.05, 0) is 18.6 Å². The van der Waals surface area contributed by atoms with Gasteiger partial charge in [0.25, 0.3) is 0 Å². The summed E-state index contributed by atoms with van der Waals surface area (Å²) in [5, 5.41) is 5.85. The molecule has 5 heteroatoms. The van der Waals surface area contributed by atoms with Crippen LogP contribution >= 0.6 is 11.6 Å². The molecular formula is C14H14ClN3O. The maximum atomic E-state index is 6.24. The number of benzene rings is 1. The Balaban J connectivity index is 1.92. The van der Waals surface area contributed by atoms with Gasteiger partial charge in [-0.15, -0.1) is 0 Å². The molecule has 0 spiro atoms. The number of hydrogen-bond donors (Lipinski definition) is 0. The molecule has 0 aliphatic heterocycles. The lowest BCUT2D eigenvalue weighted by Gasteiger charge is -2.03. The molecule has 0 saturated carbocycles. The number of fused-ring (bicyclic) bond motifs is 1. The van der Waals surface area contributed by atoms with Gasteiger partial charge in [-0.2, -0.15) is 4.98 Å². The third-order valence-electron chi connectivity index (χ3n) is 3.03. The average Bonchev–Trinajstić information content (AvgIpc) is 2.99. The predicted molar refractivity (Wildman–Crippen MR) is 74.3 cm³/mol. The fraction of sp³-hybridized carbons (Fsp3) is 0.286. The zero-order valence-corrected chi connectivity index (χ0v) is 11.4.